The van der Waals surface area contributed by atoms with Gasteiger partial charge in [-0.15, -0.1) is 5.10 Å². The van der Waals surface area contributed by atoms with Gasteiger partial charge in [0.15, 0.2) is 0 Å². The molecule has 2 amide bonds. The van der Waals surface area contributed by atoms with Gasteiger partial charge in [-0.25, -0.2) is 0 Å². The first-order valence-electron chi connectivity index (χ1n) is 9.24. The van der Waals surface area contributed by atoms with Crippen molar-refractivity contribution in [2.75, 3.05) is 23.7 Å². The van der Waals surface area contributed by atoms with Crippen LogP contribution in [0.5, 0.6) is 0 Å². The van der Waals surface area contributed by atoms with Crippen molar-refractivity contribution in [2.45, 2.75) is 38.1 Å². The Balaban J connectivity index is 1.40. The van der Waals surface area contributed by atoms with E-state index in [1.165, 1.54) is 0 Å². The maximum absolute atomic E-state index is 12.9. The molecule has 2 aromatic rings. The van der Waals surface area contributed by atoms with E-state index < -0.39 is 5.41 Å². The van der Waals surface area contributed by atoms with Gasteiger partial charge in [-0.1, -0.05) is 6.07 Å². The first-order chi connectivity index (χ1) is 12.9. The Bertz CT molecular complexity index is 873. The Labute approximate surface area is 158 Å². The van der Waals surface area contributed by atoms with Gasteiger partial charge in [0.1, 0.15) is 5.82 Å². The third-order valence-electron chi connectivity index (χ3n) is 5.46. The molecule has 2 aliphatic heterocycles. The summed E-state index contributed by atoms with van der Waals surface area (Å²) in [6.07, 6.45) is 3.36. The number of aromatic nitrogens is 2. The number of anilines is 2. The molecule has 7 heteroatoms. The van der Waals surface area contributed by atoms with Gasteiger partial charge in [-0.2, -0.15) is 5.10 Å². The van der Waals surface area contributed by atoms with Crippen LogP contribution in [0.3, 0.4) is 0 Å². The second-order valence-corrected chi connectivity index (χ2v) is 7.66. The molecule has 0 saturated carbocycles. The molecule has 0 spiro atoms. The summed E-state index contributed by atoms with van der Waals surface area (Å²) in [5, 5.41) is 14.2. The Morgan fingerprint density at radius 2 is 2.04 bits per heavy atom. The monoisotopic (exact) mass is 365 g/mol. The summed E-state index contributed by atoms with van der Waals surface area (Å²) >= 11 is 0. The van der Waals surface area contributed by atoms with Crippen molar-refractivity contribution >= 4 is 23.3 Å². The van der Waals surface area contributed by atoms with Crippen molar-refractivity contribution < 1.29 is 9.59 Å². The van der Waals surface area contributed by atoms with E-state index in [4.69, 9.17) is 0 Å². The van der Waals surface area contributed by atoms with E-state index in [-0.39, 0.29) is 17.9 Å². The summed E-state index contributed by atoms with van der Waals surface area (Å²) in [7, 11) is 0. The summed E-state index contributed by atoms with van der Waals surface area (Å²) in [6.45, 7) is 5.16. The van der Waals surface area contributed by atoms with E-state index >= 15 is 0 Å². The number of rotatable bonds is 3. The molecule has 0 atom stereocenters. The average Bonchev–Trinajstić information content (AvgIpc) is 2.91. The molecular weight excluding hydrogens is 342 g/mol. The highest BCUT2D eigenvalue weighted by molar-refractivity contribution is 6.07. The molecule has 1 aromatic heterocycles. The molecule has 140 valence electrons. The highest BCUT2D eigenvalue weighted by atomic mass is 16.2. The molecule has 1 aromatic carbocycles. The van der Waals surface area contributed by atoms with E-state index in [0.717, 1.165) is 29.9 Å². The van der Waals surface area contributed by atoms with Gasteiger partial charge in [0.25, 0.3) is 5.91 Å². The lowest BCUT2D eigenvalue weighted by Gasteiger charge is -2.32. The minimum Gasteiger partial charge on any atom is -0.366 e. The summed E-state index contributed by atoms with van der Waals surface area (Å²) in [5.74, 6) is 0.743. The molecule has 27 heavy (non-hydrogen) atoms. The zero-order valence-corrected chi connectivity index (χ0v) is 15.5. The number of piperidine rings is 1. The SMILES string of the molecule is CC1(C)C(=O)Nc2cc(C(=O)N3CCC(Nc4cccnn4)CC3)ccc21. The lowest BCUT2D eigenvalue weighted by Crippen LogP contribution is -2.42. The van der Waals surface area contributed by atoms with Crippen LogP contribution in [0.2, 0.25) is 0 Å². The lowest BCUT2D eigenvalue weighted by molar-refractivity contribution is -0.119. The predicted molar refractivity (Wildman–Crippen MR) is 103 cm³/mol. The van der Waals surface area contributed by atoms with Crippen LogP contribution in [0.15, 0.2) is 36.5 Å². The van der Waals surface area contributed by atoms with Gasteiger partial charge in [-0.05, 0) is 56.5 Å². The van der Waals surface area contributed by atoms with E-state index in [9.17, 15) is 9.59 Å². The molecule has 0 bridgehead atoms. The number of hydrogen-bond acceptors (Lipinski definition) is 5. The fraction of sp³-hybridized carbons (Fsp3) is 0.400. The molecule has 0 aliphatic carbocycles. The Kier molecular flexibility index (Phi) is 4.30. The minimum atomic E-state index is -0.554. The first-order valence-corrected chi connectivity index (χ1v) is 9.24. The van der Waals surface area contributed by atoms with Crippen LogP contribution >= 0.6 is 0 Å². The molecule has 1 fully saturated rings. The zero-order chi connectivity index (χ0) is 19.0. The summed E-state index contributed by atoms with van der Waals surface area (Å²) in [4.78, 5) is 26.9. The molecule has 1 saturated heterocycles. The van der Waals surface area contributed by atoms with E-state index in [1.807, 2.05) is 43.0 Å². The normalized spacial score (nSPS) is 18.7. The maximum Gasteiger partial charge on any atom is 0.253 e. The highest BCUT2D eigenvalue weighted by Crippen LogP contribution is 2.37. The van der Waals surface area contributed by atoms with Crippen LogP contribution in [-0.4, -0.2) is 46.0 Å². The van der Waals surface area contributed by atoms with Gasteiger partial charge in [-0.3, -0.25) is 9.59 Å². The minimum absolute atomic E-state index is 0.00899. The van der Waals surface area contributed by atoms with Crippen molar-refractivity contribution in [3.63, 3.8) is 0 Å². The van der Waals surface area contributed by atoms with Gasteiger partial charge < -0.3 is 15.5 Å². The number of fused-ring (bicyclic) bond motifs is 1. The number of hydrogen-bond donors (Lipinski definition) is 2. The Morgan fingerprint density at radius 1 is 1.26 bits per heavy atom. The molecule has 0 unspecified atom stereocenters. The molecule has 3 heterocycles. The van der Waals surface area contributed by atoms with Gasteiger partial charge in [0.2, 0.25) is 5.91 Å². The number of amides is 2. The zero-order valence-electron chi connectivity index (χ0n) is 15.5. The topological polar surface area (TPSA) is 87.2 Å². The fourth-order valence-corrected chi connectivity index (χ4v) is 3.72. The van der Waals surface area contributed by atoms with Crippen LogP contribution in [0.4, 0.5) is 11.5 Å². The third kappa shape index (κ3) is 3.25. The largest absolute Gasteiger partial charge is 0.366 e. The van der Waals surface area contributed by atoms with Crippen LogP contribution in [0.1, 0.15) is 42.6 Å². The van der Waals surface area contributed by atoms with E-state index in [1.54, 1.807) is 12.3 Å². The van der Waals surface area contributed by atoms with E-state index in [0.29, 0.717) is 18.7 Å². The maximum atomic E-state index is 12.9. The fourth-order valence-electron chi connectivity index (χ4n) is 3.72. The van der Waals surface area contributed by atoms with Crippen molar-refractivity contribution in [3.05, 3.63) is 47.7 Å². The van der Waals surface area contributed by atoms with Crippen molar-refractivity contribution in [1.29, 1.82) is 0 Å². The van der Waals surface area contributed by atoms with Crippen molar-refractivity contribution in [3.8, 4) is 0 Å². The summed E-state index contributed by atoms with van der Waals surface area (Å²) in [6, 6.07) is 9.54. The summed E-state index contributed by atoms with van der Waals surface area (Å²) < 4.78 is 0. The second-order valence-electron chi connectivity index (χ2n) is 7.66. The Hall–Kier alpha value is -2.96. The van der Waals surface area contributed by atoms with Gasteiger partial charge in [0.05, 0.1) is 5.41 Å². The third-order valence-corrected chi connectivity index (χ3v) is 5.46. The molecule has 4 rings (SSSR count). The number of likely N-dealkylation sites (tertiary alicyclic amines) is 1. The smallest absolute Gasteiger partial charge is 0.253 e. The number of carbonyl (C=O) groups excluding carboxylic acids is 2. The molecule has 7 nitrogen and oxygen atoms in total. The Morgan fingerprint density at radius 3 is 2.74 bits per heavy atom. The molecular formula is C20H23N5O2. The molecule has 2 N–H and O–H groups in total. The van der Waals surface area contributed by atoms with Gasteiger partial charge >= 0.3 is 0 Å². The van der Waals surface area contributed by atoms with E-state index in [2.05, 4.69) is 20.8 Å². The summed E-state index contributed by atoms with van der Waals surface area (Å²) in [5.41, 5.74) is 1.75. The van der Waals surface area contributed by atoms with Crippen molar-refractivity contribution in [2.24, 2.45) is 0 Å². The number of benzene rings is 1. The quantitative estimate of drug-likeness (QED) is 0.872. The predicted octanol–water partition coefficient (Wildman–Crippen LogP) is 2.42. The molecule has 0 radical (unpaired) electrons. The lowest BCUT2D eigenvalue weighted by atomic mass is 9.86. The van der Waals surface area contributed by atoms with Crippen LogP contribution in [0.25, 0.3) is 0 Å². The van der Waals surface area contributed by atoms with Crippen LogP contribution in [-0.2, 0) is 10.2 Å². The van der Waals surface area contributed by atoms with Crippen molar-refractivity contribution in [1.82, 2.24) is 15.1 Å². The highest BCUT2D eigenvalue weighted by Gasteiger charge is 2.38. The number of carbonyl (C=O) groups is 2. The number of nitrogens with zero attached hydrogens (tertiary/aromatic N) is 3. The molecule has 2 aliphatic rings. The standard InChI is InChI=1S/C20H23N5O2/c1-20(2)15-6-5-13(12-16(15)23-19(20)27)18(26)25-10-7-14(8-11-25)22-17-4-3-9-21-24-17/h3-6,9,12,14H,7-8,10-11H2,1-2H3,(H,22,24)(H,23,27). The first kappa shape index (κ1) is 17.5. The second kappa shape index (κ2) is 6.64. The van der Waals surface area contributed by atoms with Crippen LogP contribution in [0, 0.1) is 0 Å². The number of nitrogens with one attached hydrogen (secondary N) is 2. The van der Waals surface area contributed by atoms with Gasteiger partial charge in [0, 0.05) is 36.6 Å². The van der Waals surface area contributed by atoms with Crippen LogP contribution < -0.4 is 10.6 Å². The average molecular weight is 365 g/mol.